The number of ether oxygens (including phenoxy) is 1. The molecular formula is C21H21FN6O. The van der Waals surface area contributed by atoms with Crippen LogP contribution in [0, 0.1) is 0 Å². The summed E-state index contributed by atoms with van der Waals surface area (Å²) in [6, 6.07) is 12.1. The molecule has 1 saturated heterocycles. The lowest BCUT2D eigenvalue weighted by atomic mass is 10.1. The van der Waals surface area contributed by atoms with Crippen molar-refractivity contribution in [2.24, 2.45) is 0 Å². The van der Waals surface area contributed by atoms with Crippen LogP contribution >= 0.6 is 0 Å². The second-order valence-corrected chi connectivity index (χ2v) is 7.23. The van der Waals surface area contributed by atoms with Gasteiger partial charge in [-0.1, -0.05) is 30.3 Å². The van der Waals surface area contributed by atoms with Crippen LogP contribution in [0.4, 0.5) is 10.2 Å². The first-order valence-electron chi connectivity index (χ1n) is 9.64. The average molecular weight is 392 g/mol. The zero-order chi connectivity index (χ0) is 19.6. The average Bonchev–Trinajstić information content (AvgIpc) is 3.48. The Kier molecular flexibility index (Phi) is 4.69. The summed E-state index contributed by atoms with van der Waals surface area (Å²) in [4.78, 5) is 6.44. The van der Waals surface area contributed by atoms with Gasteiger partial charge in [0.05, 0.1) is 24.7 Å². The number of halogens is 1. The minimum absolute atomic E-state index is 0.368. The molecule has 29 heavy (non-hydrogen) atoms. The van der Waals surface area contributed by atoms with Crippen molar-refractivity contribution in [3.63, 3.8) is 0 Å². The monoisotopic (exact) mass is 392 g/mol. The molecule has 1 unspecified atom stereocenters. The highest BCUT2D eigenvalue weighted by atomic mass is 19.1. The quantitative estimate of drug-likeness (QED) is 0.543. The number of H-pyrrole nitrogens is 1. The van der Waals surface area contributed by atoms with Crippen molar-refractivity contribution < 1.29 is 9.13 Å². The smallest absolute Gasteiger partial charge is 0.160 e. The summed E-state index contributed by atoms with van der Waals surface area (Å²) in [6.07, 6.45) is 5.26. The van der Waals surface area contributed by atoms with Gasteiger partial charge in [0.15, 0.2) is 11.5 Å². The molecule has 1 atom stereocenters. The van der Waals surface area contributed by atoms with Crippen LogP contribution in [0.2, 0.25) is 0 Å². The molecule has 5 rings (SSSR count). The fraction of sp³-hybridized carbons (Fsp3) is 0.286. The zero-order valence-electron chi connectivity index (χ0n) is 15.8. The van der Waals surface area contributed by atoms with Crippen LogP contribution in [0.1, 0.15) is 12.0 Å². The lowest BCUT2D eigenvalue weighted by molar-refractivity contribution is 0.0561. The van der Waals surface area contributed by atoms with E-state index in [-0.39, 0.29) is 0 Å². The molecule has 0 radical (unpaired) electrons. The van der Waals surface area contributed by atoms with Crippen LogP contribution in [0.3, 0.4) is 0 Å². The summed E-state index contributed by atoms with van der Waals surface area (Å²) >= 11 is 0. The Bertz CT molecular complexity index is 1110. The van der Waals surface area contributed by atoms with E-state index in [1.54, 1.807) is 17.1 Å². The van der Waals surface area contributed by atoms with Crippen molar-refractivity contribution in [2.45, 2.75) is 25.9 Å². The number of hydrogen-bond acceptors (Lipinski definition) is 5. The largest absolute Gasteiger partial charge is 0.355 e. The molecule has 1 aliphatic rings. The van der Waals surface area contributed by atoms with E-state index < -0.39 is 6.17 Å². The zero-order valence-corrected chi connectivity index (χ0v) is 15.8. The molecule has 148 valence electrons. The molecule has 1 aromatic carbocycles. The molecule has 1 fully saturated rings. The maximum Gasteiger partial charge on any atom is 0.160 e. The lowest BCUT2D eigenvalue weighted by Gasteiger charge is -2.14. The van der Waals surface area contributed by atoms with E-state index in [2.05, 4.69) is 20.3 Å². The van der Waals surface area contributed by atoms with Gasteiger partial charge in [-0.05, 0) is 18.1 Å². The second kappa shape index (κ2) is 7.63. The predicted molar refractivity (Wildman–Crippen MR) is 108 cm³/mol. The number of nitrogens with one attached hydrogen (secondary N) is 1. The number of anilines is 1. The number of rotatable bonds is 6. The SMILES string of the molecule is FC1CCN(c2n[nH]c3ncc(-c4cnn(COCc5ccccc5)c4)cc23)C1. The van der Waals surface area contributed by atoms with Gasteiger partial charge in [0.1, 0.15) is 12.9 Å². The molecule has 7 nitrogen and oxygen atoms in total. The Morgan fingerprint density at radius 2 is 2.07 bits per heavy atom. The molecule has 0 amide bonds. The fourth-order valence-corrected chi connectivity index (χ4v) is 3.61. The Morgan fingerprint density at radius 1 is 1.17 bits per heavy atom. The third-order valence-electron chi connectivity index (χ3n) is 5.13. The molecule has 4 heterocycles. The van der Waals surface area contributed by atoms with E-state index in [9.17, 15) is 4.39 Å². The Morgan fingerprint density at radius 3 is 2.90 bits per heavy atom. The van der Waals surface area contributed by atoms with Crippen LogP contribution in [-0.2, 0) is 18.1 Å². The first-order valence-corrected chi connectivity index (χ1v) is 9.64. The van der Waals surface area contributed by atoms with Gasteiger partial charge in [-0.2, -0.15) is 10.2 Å². The number of hydrogen-bond donors (Lipinski definition) is 1. The van der Waals surface area contributed by atoms with Gasteiger partial charge in [0.25, 0.3) is 0 Å². The van der Waals surface area contributed by atoms with Crippen molar-refractivity contribution in [2.75, 3.05) is 18.0 Å². The summed E-state index contributed by atoms with van der Waals surface area (Å²) in [7, 11) is 0. The van der Waals surface area contributed by atoms with Crippen LogP contribution in [0.25, 0.3) is 22.2 Å². The molecule has 0 aliphatic carbocycles. The second-order valence-electron chi connectivity index (χ2n) is 7.23. The fourth-order valence-electron chi connectivity index (χ4n) is 3.61. The first-order chi connectivity index (χ1) is 14.3. The molecule has 3 aromatic heterocycles. The van der Waals surface area contributed by atoms with Gasteiger partial charge in [-0.3, -0.25) is 5.10 Å². The van der Waals surface area contributed by atoms with Crippen molar-refractivity contribution in [3.05, 3.63) is 60.6 Å². The van der Waals surface area contributed by atoms with Crippen molar-refractivity contribution >= 4 is 16.9 Å². The minimum atomic E-state index is -0.799. The number of pyridine rings is 1. The van der Waals surface area contributed by atoms with E-state index in [0.717, 1.165) is 27.9 Å². The summed E-state index contributed by atoms with van der Waals surface area (Å²) in [5.74, 6) is 0.757. The van der Waals surface area contributed by atoms with Crippen LogP contribution in [-0.4, -0.2) is 44.2 Å². The number of fused-ring (bicyclic) bond motifs is 1. The normalized spacial score (nSPS) is 16.7. The van der Waals surface area contributed by atoms with E-state index in [1.165, 1.54) is 0 Å². The number of alkyl halides is 1. The van der Waals surface area contributed by atoms with Crippen molar-refractivity contribution in [3.8, 4) is 11.1 Å². The van der Waals surface area contributed by atoms with Gasteiger partial charge in [-0.15, -0.1) is 0 Å². The number of benzene rings is 1. The first kappa shape index (κ1) is 17.8. The maximum absolute atomic E-state index is 13.6. The number of aromatic nitrogens is 5. The molecule has 1 N–H and O–H groups in total. The minimum Gasteiger partial charge on any atom is -0.355 e. The van der Waals surface area contributed by atoms with Gasteiger partial charge >= 0.3 is 0 Å². The van der Waals surface area contributed by atoms with E-state index in [4.69, 9.17) is 4.74 Å². The van der Waals surface area contributed by atoms with Crippen LogP contribution in [0.15, 0.2) is 55.0 Å². The molecular weight excluding hydrogens is 371 g/mol. The Hall–Kier alpha value is -3.26. The highest BCUT2D eigenvalue weighted by molar-refractivity contribution is 5.90. The van der Waals surface area contributed by atoms with Gasteiger partial charge in [-0.25, -0.2) is 14.1 Å². The van der Waals surface area contributed by atoms with E-state index in [0.29, 0.717) is 38.5 Å². The predicted octanol–water partition coefficient (Wildman–Crippen LogP) is 3.54. The molecule has 4 aromatic rings. The topological polar surface area (TPSA) is 71.9 Å². The van der Waals surface area contributed by atoms with Crippen molar-refractivity contribution in [1.82, 2.24) is 25.0 Å². The molecule has 0 spiro atoms. The Labute approximate surface area is 167 Å². The van der Waals surface area contributed by atoms with Crippen LogP contribution < -0.4 is 4.90 Å². The summed E-state index contributed by atoms with van der Waals surface area (Å²) < 4.78 is 21.1. The maximum atomic E-state index is 13.6. The van der Waals surface area contributed by atoms with Crippen molar-refractivity contribution in [1.29, 1.82) is 0 Å². The summed E-state index contributed by atoms with van der Waals surface area (Å²) in [5, 5.41) is 12.6. The Balaban J connectivity index is 1.32. The molecule has 8 heteroatoms. The summed E-state index contributed by atoms with van der Waals surface area (Å²) in [5.41, 5.74) is 3.70. The lowest BCUT2D eigenvalue weighted by Crippen LogP contribution is -2.20. The number of aromatic amines is 1. The highest BCUT2D eigenvalue weighted by Crippen LogP contribution is 2.30. The molecule has 0 bridgehead atoms. The van der Waals surface area contributed by atoms with Crippen LogP contribution in [0.5, 0.6) is 0 Å². The van der Waals surface area contributed by atoms with Gasteiger partial charge < -0.3 is 9.64 Å². The standard InChI is InChI=1S/C21H21FN6O/c22-18-6-7-27(12-18)21-19-8-16(9-23-20(19)25-26-21)17-10-24-28(11-17)14-29-13-15-4-2-1-3-5-15/h1-5,8-11,18H,6-7,12-14H2,(H,23,25,26). The van der Waals surface area contributed by atoms with Gasteiger partial charge in [0.2, 0.25) is 0 Å². The molecule has 1 aliphatic heterocycles. The summed E-state index contributed by atoms with van der Waals surface area (Å²) in [6.45, 7) is 1.95. The molecule has 0 saturated carbocycles. The number of nitrogens with zero attached hydrogens (tertiary/aromatic N) is 5. The third kappa shape index (κ3) is 3.71. The third-order valence-corrected chi connectivity index (χ3v) is 5.13. The highest BCUT2D eigenvalue weighted by Gasteiger charge is 2.25. The van der Waals surface area contributed by atoms with E-state index in [1.807, 2.05) is 47.5 Å². The van der Waals surface area contributed by atoms with Gasteiger partial charge in [0, 0.05) is 30.1 Å². The van der Waals surface area contributed by atoms with E-state index >= 15 is 0 Å².